The van der Waals surface area contributed by atoms with Gasteiger partial charge in [-0.25, -0.2) is 4.98 Å². The third-order valence-corrected chi connectivity index (χ3v) is 2.37. The zero-order valence-corrected chi connectivity index (χ0v) is 8.80. The number of aryl methyl sites for hydroxylation is 2. The molecule has 2 nitrogen and oxygen atoms in total. The van der Waals surface area contributed by atoms with E-state index in [-0.39, 0.29) is 0 Å². The van der Waals surface area contributed by atoms with E-state index in [1.807, 2.05) is 26.0 Å². The minimum atomic E-state index is 0.597. The van der Waals surface area contributed by atoms with Crippen molar-refractivity contribution in [2.24, 2.45) is 0 Å². The van der Waals surface area contributed by atoms with Crippen LogP contribution in [-0.4, -0.2) is 4.98 Å². The van der Waals surface area contributed by atoms with Crippen molar-refractivity contribution in [3.05, 3.63) is 40.7 Å². The highest BCUT2D eigenvalue weighted by Crippen LogP contribution is 2.23. The molecule has 0 saturated heterocycles. The molecule has 2 heterocycles. The number of pyridine rings is 1. The summed E-state index contributed by atoms with van der Waals surface area (Å²) in [5.41, 5.74) is 3.00. The fraction of sp³-hybridized carbons (Fsp3) is 0.182. The molecule has 0 saturated carbocycles. The van der Waals surface area contributed by atoms with Crippen LogP contribution in [0, 0.1) is 13.8 Å². The van der Waals surface area contributed by atoms with Gasteiger partial charge in [0.25, 0.3) is 0 Å². The first-order chi connectivity index (χ1) is 6.66. The van der Waals surface area contributed by atoms with Crippen molar-refractivity contribution < 1.29 is 4.42 Å². The van der Waals surface area contributed by atoms with Crippen molar-refractivity contribution in [2.75, 3.05) is 0 Å². The van der Waals surface area contributed by atoms with Crippen molar-refractivity contribution in [1.29, 1.82) is 0 Å². The summed E-state index contributed by atoms with van der Waals surface area (Å²) in [6.07, 6.45) is 1.51. The lowest BCUT2D eigenvalue weighted by atomic mass is 10.2. The van der Waals surface area contributed by atoms with Gasteiger partial charge in [-0.05, 0) is 25.5 Å². The van der Waals surface area contributed by atoms with Crippen LogP contribution in [0.15, 0.2) is 28.9 Å². The number of furan rings is 1. The predicted octanol–water partition coefficient (Wildman–Crippen LogP) is 3.61. The first-order valence-electron chi connectivity index (χ1n) is 4.35. The standard InChI is InChI=1S/C11H10ClNO/c1-7-3-4-10(13-8(7)2)11-5-9(12)6-14-11/h3-6H,1-2H3. The van der Waals surface area contributed by atoms with Gasteiger partial charge in [-0.1, -0.05) is 17.7 Å². The maximum Gasteiger partial charge on any atom is 0.153 e. The van der Waals surface area contributed by atoms with Crippen molar-refractivity contribution in [3.8, 4) is 11.5 Å². The molecular formula is C11H10ClNO. The van der Waals surface area contributed by atoms with E-state index in [0.29, 0.717) is 10.8 Å². The lowest BCUT2D eigenvalue weighted by Gasteiger charge is -2.00. The zero-order valence-electron chi connectivity index (χ0n) is 8.04. The van der Waals surface area contributed by atoms with Crippen LogP contribution in [0.2, 0.25) is 5.02 Å². The van der Waals surface area contributed by atoms with Gasteiger partial charge in [0.15, 0.2) is 5.76 Å². The molecule has 0 aliphatic carbocycles. The second-order valence-electron chi connectivity index (χ2n) is 3.23. The van der Waals surface area contributed by atoms with Crippen molar-refractivity contribution in [2.45, 2.75) is 13.8 Å². The van der Waals surface area contributed by atoms with E-state index in [1.54, 1.807) is 6.07 Å². The molecule has 0 spiro atoms. The molecule has 0 atom stereocenters. The van der Waals surface area contributed by atoms with Crippen LogP contribution >= 0.6 is 11.6 Å². The molecule has 0 N–H and O–H groups in total. The predicted molar refractivity (Wildman–Crippen MR) is 56.4 cm³/mol. The Morgan fingerprint density at radius 3 is 2.64 bits per heavy atom. The second-order valence-corrected chi connectivity index (χ2v) is 3.66. The molecule has 2 aromatic rings. The van der Waals surface area contributed by atoms with Crippen molar-refractivity contribution in [3.63, 3.8) is 0 Å². The quantitative estimate of drug-likeness (QED) is 0.714. The van der Waals surface area contributed by atoms with Gasteiger partial charge in [-0.2, -0.15) is 0 Å². The van der Waals surface area contributed by atoms with Gasteiger partial charge < -0.3 is 4.42 Å². The third-order valence-electron chi connectivity index (χ3n) is 2.17. The zero-order chi connectivity index (χ0) is 10.1. The summed E-state index contributed by atoms with van der Waals surface area (Å²) in [6.45, 7) is 4.00. The lowest BCUT2D eigenvalue weighted by Crippen LogP contribution is -1.88. The summed E-state index contributed by atoms with van der Waals surface area (Å²) in [5.74, 6) is 0.707. The van der Waals surface area contributed by atoms with E-state index in [0.717, 1.165) is 11.4 Å². The second kappa shape index (κ2) is 3.46. The number of hydrogen-bond acceptors (Lipinski definition) is 2. The van der Waals surface area contributed by atoms with Gasteiger partial charge in [-0.15, -0.1) is 0 Å². The molecule has 0 aliphatic rings. The molecule has 0 radical (unpaired) electrons. The molecule has 0 aromatic carbocycles. The smallest absolute Gasteiger partial charge is 0.153 e. The molecule has 72 valence electrons. The number of rotatable bonds is 1. The molecule has 14 heavy (non-hydrogen) atoms. The van der Waals surface area contributed by atoms with Gasteiger partial charge in [0.1, 0.15) is 12.0 Å². The molecule has 0 aliphatic heterocycles. The minimum Gasteiger partial charge on any atom is -0.461 e. The average molecular weight is 208 g/mol. The molecule has 0 bridgehead atoms. The Morgan fingerprint density at radius 1 is 1.29 bits per heavy atom. The summed E-state index contributed by atoms with van der Waals surface area (Å²) < 4.78 is 5.25. The van der Waals surface area contributed by atoms with E-state index >= 15 is 0 Å². The number of nitrogens with zero attached hydrogens (tertiary/aromatic N) is 1. The maximum absolute atomic E-state index is 5.76. The minimum absolute atomic E-state index is 0.597. The van der Waals surface area contributed by atoms with Gasteiger partial charge in [0.05, 0.1) is 5.02 Å². The highest BCUT2D eigenvalue weighted by molar-refractivity contribution is 6.30. The SMILES string of the molecule is Cc1ccc(-c2cc(Cl)co2)nc1C. The molecule has 2 rings (SSSR count). The highest BCUT2D eigenvalue weighted by Gasteiger charge is 2.05. The Hall–Kier alpha value is -1.28. The van der Waals surface area contributed by atoms with Gasteiger partial charge in [0.2, 0.25) is 0 Å². The van der Waals surface area contributed by atoms with E-state index < -0.39 is 0 Å². The average Bonchev–Trinajstić information content (AvgIpc) is 2.57. The monoisotopic (exact) mass is 207 g/mol. The highest BCUT2D eigenvalue weighted by atomic mass is 35.5. The Balaban J connectivity index is 2.47. The normalized spacial score (nSPS) is 10.5. The van der Waals surface area contributed by atoms with Crippen molar-refractivity contribution >= 4 is 11.6 Å². The van der Waals surface area contributed by atoms with Crippen LogP contribution in [-0.2, 0) is 0 Å². The number of aromatic nitrogens is 1. The van der Waals surface area contributed by atoms with Crippen LogP contribution in [0.25, 0.3) is 11.5 Å². The molecule has 0 amide bonds. The first kappa shape index (κ1) is 9.28. The van der Waals surface area contributed by atoms with E-state index in [2.05, 4.69) is 4.98 Å². The Labute approximate surface area is 87.5 Å². The van der Waals surface area contributed by atoms with Crippen LogP contribution in [0.5, 0.6) is 0 Å². The van der Waals surface area contributed by atoms with Gasteiger partial charge >= 0.3 is 0 Å². The fourth-order valence-corrected chi connectivity index (χ4v) is 1.36. The maximum atomic E-state index is 5.76. The lowest BCUT2D eigenvalue weighted by molar-refractivity contribution is 0.580. The van der Waals surface area contributed by atoms with Gasteiger partial charge in [0, 0.05) is 11.8 Å². The van der Waals surface area contributed by atoms with Gasteiger partial charge in [-0.3, -0.25) is 0 Å². The van der Waals surface area contributed by atoms with Crippen LogP contribution in [0.3, 0.4) is 0 Å². The van der Waals surface area contributed by atoms with Crippen LogP contribution in [0.4, 0.5) is 0 Å². The number of hydrogen-bond donors (Lipinski definition) is 0. The molecule has 3 heteroatoms. The van der Waals surface area contributed by atoms with Crippen molar-refractivity contribution in [1.82, 2.24) is 4.98 Å². The topological polar surface area (TPSA) is 26.0 Å². The van der Waals surface area contributed by atoms with Crippen LogP contribution < -0.4 is 0 Å². The molecular weight excluding hydrogens is 198 g/mol. The Morgan fingerprint density at radius 2 is 2.07 bits per heavy atom. The summed E-state index contributed by atoms with van der Waals surface area (Å²) in [4.78, 5) is 4.40. The molecule has 0 unspecified atom stereocenters. The molecule has 2 aromatic heterocycles. The number of halogens is 1. The summed E-state index contributed by atoms with van der Waals surface area (Å²) in [5, 5.41) is 0.597. The summed E-state index contributed by atoms with van der Waals surface area (Å²) >= 11 is 5.76. The largest absolute Gasteiger partial charge is 0.461 e. The summed E-state index contributed by atoms with van der Waals surface area (Å²) in [7, 11) is 0. The summed E-state index contributed by atoms with van der Waals surface area (Å²) in [6, 6.07) is 5.71. The Kier molecular flexibility index (Phi) is 2.30. The van der Waals surface area contributed by atoms with E-state index in [9.17, 15) is 0 Å². The van der Waals surface area contributed by atoms with Crippen LogP contribution in [0.1, 0.15) is 11.3 Å². The van der Waals surface area contributed by atoms with E-state index in [1.165, 1.54) is 11.8 Å². The third kappa shape index (κ3) is 1.66. The first-order valence-corrected chi connectivity index (χ1v) is 4.73. The Bertz CT molecular complexity index is 462. The fourth-order valence-electron chi connectivity index (χ4n) is 1.22. The van der Waals surface area contributed by atoms with E-state index in [4.69, 9.17) is 16.0 Å². The molecule has 0 fully saturated rings.